The van der Waals surface area contributed by atoms with Crippen LogP contribution in [-0.4, -0.2) is 21.3 Å². The Morgan fingerprint density at radius 3 is 2.50 bits per heavy atom. The molecule has 0 aliphatic heterocycles. The summed E-state index contributed by atoms with van der Waals surface area (Å²) in [4.78, 5) is 10.5. The van der Waals surface area contributed by atoms with Gasteiger partial charge >= 0.3 is 5.97 Å². The molecule has 1 heterocycles. The number of rotatable bonds is 2. The molecular weight excluding hydrogens is 224 g/mol. The van der Waals surface area contributed by atoms with Gasteiger partial charge in [-0.15, -0.1) is 0 Å². The molecule has 5 heteroatoms. The Labute approximate surface area is 78.1 Å². The lowest BCUT2D eigenvalue weighted by Crippen LogP contribution is -1.97. The molecule has 0 amide bonds. The van der Waals surface area contributed by atoms with Crippen molar-refractivity contribution in [3.05, 3.63) is 15.9 Å². The molecule has 0 unspecified atom stereocenters. The lowest BCUT2D eigenvalue weighted by Gasteiger charge is -1.99. The molecule has 0 spiro atoms. The van der Waals surface area contributed by atoms with Crippen LogP contribution in [0.5, 0.6) is 0 Å². The second-order valence-corrected chi connectivity index (χ2v) is 3.55. The Hall–Kier alpha value is -0.840. The minimum Gasteiger partial charge on any atom is -0.476 e. The minimum atomic E-state index is -1.02. The van der Waals surface area contributed by atoms with E-state index in [9.17, 15) is 4.79 Å². The molecule has 0 fully saturated rings. The van der Waals surface area contributed by atoms with E-state index in [4.69, 9.17) is 5.11 Å². The molecule has 12 heavy (non-hydrogen) atoms. The summed E-state index contributed by atoms with van der Waals surface area (Å²) in [7, 11) is 0. The van der Waals surface area contributed by atoms with E-state index in [-0.39, 0.29) is 11.6 Å². The fourth-order valence-electron chi connectivity index (χ4n) is 0.866. The summed E-state index contributed by atoms with van der Waals surface area (Å²) in [5.41, 5.74) is 0.853. The van der Waals surface area contributed by atoms with Crippen LogP contribution in [0.4, 0.5) is 0 Å². The maximum Gasteiger partial charge on any atom is 0.357 e. The summed E-state index contributed by atoms with van der Waals surface area (Å²) >= 11 is 3.18. The summed E-state index contributed by atoms with van der Waals surface area (Å²) < 4.78 is 0.546. The number of carboxylic acid groups (broad SMARTS) is 1. The molecule has 0 saturated carbocycles. The molecule has 0 bridgehead atoms. The highest BCUT2D eigenvalue weighted by Crippen LogP contribution is 2.25. The van der Waals surface area contributed by atoms with Gasteiger partial charge < -0.3 is 5.11 Å². The van der Waals surface area contributed by atoms with Gasteiger partial charge in [0.25, 0.3) is 0 Å². The van der Waals surface area contributed by atoms with Crippen LogP contribution in [0.3, 0.4) is 0 Å². The zero-order valence-electron chi connectivity index (χ0n) is 6.76. The molecule has 0 aliphatic carbocycles. The van der Waals surface area contributed by atoms with Gasteiger partial charge in [-0.3, -0.25) is 5.10 Å². The van der Waals surface area contributed by atoms with Gasteiger partial charge in [0.05, 0.1) is 10.2 Å². The largest absolute Gasteiger partial charge is 0.476 e. The highest BCUT2D eigenvalue weighted by atomic mass is 79.9. The van der Waals surface area contributed by atoms with E-state index in [0.29, 0.717) is 4.47 Å². The predicted molar refractivity (Wildman–Crippen MR) is 47.3 cm³/mol. The number of aromatic carboxylic acids is 1. The summed E-state index contributed by atoms with van der Waals surface area (Å²) in [5, 5.41) is 15.0. The Morgan fingerprint density at radius 1 is 1.67 bits per heavy atom. The van der Waals surface area contributed by atoms with Gasteiger partial charge in [-0.2, -0.15) is 5.10 Å². The molecule has 1 aromatic rings. The van der Waals surface area contributed by atoms with Gasteiger partial charge in [-0.05, 0) is 21.8 Å². The standard InChI is InChI=1S/C7H9BrN2O2/c1-3(2)5-4(8)6(7(11)12)10-9-5/h3H,1-2H3,(H,9,10)(H,11,12). The van der Waals surface area contributed by atoms with Crippen molar-refractivity contribution in [2.24, 2.45) is 0 Å². The Balaban J connectivity index is 3.13. The van der Waals surface area contributed by atoms with Gasteiger partial charge in [0.1, 0.15) is 0 Å². The normalized spacial score (nSPS) is 10.7. The van der Waals surface area contributed by atoms with Crippen LogP contribution >= 0.6 is 15.9 Å². The van der Waals surface area contributed by atoms with Crippen LogP contribution in [0.25, 0.3) is 0 Å². The summed E-state index contributed by atoms with van der Waals surface area (Å²) in [6, 6.07) is 0. The third-order valence-corrected chi connectivity index (χ3v) is 2.32. The summed E-state index contributed by atoms with van der Waals surface area (Å²) in [6.07, 6.45) is 0. The van der Waals surface area contributed by atoms with Crippen LogP contribution in [0.2, 0.25) is 0 Å². The lowest BCUT2D eigenvalue weighted by molar-refractivity contribution is 0.0689. The first-order chi connectivity index (χ1) is 5.54. The summed E-state index contributed by atoms with van der Waals surface area (Å²) in [6.45, 7) is 3.92. The summed E-state index contributed by atoms with van der Waals surface area (Å²) in [5.74, 6) is -0.787. The molecule has 0 aromatic carbocycles. The van der Waals surface area contributed by atoms with Gasteiger partial charge in [-0.1, -0.05) is 13.8 Å². The third kappa shape index (κ3) is 1.50. The van der Waals surface area contributed by atoms with Crippen molar-refractivity contribution in [2.45, 2.75) is 19.8 Å². The molecule has 2 N–H and O–H groups in total. The highest BCUT2D eigenvalue weighted by Gasteiger charge is 2.17. The number of halogens is 1. The Kier molecular flexibility index (Phi) is 2.52. The highest BCUT2D eigenvalue weighted by molar-refractivity contribution is 9.10. The second-order valence-electron chi connectivity index (χ2n) is 2.76. The number of H-pyrrole nitrogens is 1. The maximum absolute atomic E-state index is 10.5. The Morgan fingerprint density at radius 2 is 2.25 bits per heavy atom. The molecule has 1 rings (SSSR count). The van der Waals surface area contributed by atoms with Crippen molar-refractivity contribution in [2.75, 3.05) is 0 Å². The van der Waals surface area contributed by atoms with Crippen molar-refractivity contribution in [3.63, 3.8) is 0 Å². The molecule has 4 nitrogen and oxygen atoms in total. The van der Waals surface area contributed by atoms with E-state index in [1.54, 1.807) is 0 Å². The number of nitrogens with one attached hydrogen (secondary N) is 1. The van der Waals surface area contributed by atoms with Gasteiger partial charge in [0.2, 0.25) is 0 Å². The fraction of sp³-hybridized carbons (Fsp3) is 0.429. The Bertz CT molecular complexity index is 306. The van der Waals surface area contributed by atoms with Crippen LogP contribution in [0, 0.1) is 0 Å². The van der Waals surface area contributed by atoms with Gasteiger partial charge in [0, 0.05) is 0 Å². The molecule has 0 saturated heterocycles. The fourth-order valence-corrected chi connectivity index (χ4v) is 1.67. The smallest absolute Gasteiger partial charge is 0.357 e. The average Bonchev–Trinajstić information content (AvgIpc) is 2.30. The first kappa shape index (κ1) is 9.25. The molecule has 0 atom stereocenters. The minimum absolute atomic E-state index is 0.0405. The first-order valence-corrected chi connectivity index (χ1v) is 4.30. The third-order valence-electron chi connectivity index (χ3n) is 1.51. The van der Waals surface area contributed by atoms with Crippen molar-refractivity contribution in [3.8, 4) is 0 Å². The monoisotopic (exact) mass is 232 g/mol. The lowest BCUT2D eigenvalue weighted by atomic mass is 10.1. The number of carboxylic acids is 1. The van der Waals surface area contributed by atoms with Crippen molar-refractivity contribution in [1.82, 2.24) is 10.2 Å². The van der Waals surface area contributed by atoms with Gasteiger partial charge in [0.15, 0.2) is 5.69 Å². The number of hydrogen-bond acceptors (Lipinski definition) is 2. The van der Waals surface area contributed by atoms with Gasteiger partial charge in [-0.25, -0.2) is 4.79 Å². The van der Waals surface area contributed by atoms with E-state index in [0.717, 1.165) is 5.69 Å². The van der Waals surface area contributed by atoms with Crippen LogP contribution < -0.4 is 0 Å². The number of aromatic amines is 1. The molecule has 66 valence electrons. The van der Waals surface area contributed by atoms with Crippen LogP contribution in [-0.2, 0) is 0 Å². The van der Waals surface area contributed by atoms with Crippen molar-refractivity contribution >= 4 is 21.9 Å². The quantitative estimate of drug-likeness (QED) is 0.820. The van der Waals surface area contributed by atoms with E-state index in [1.165, 1.54) is 0 Å². The average molecular weight is 233 g/mol. The van der Waals surface area contributed by atoms with E-state index in [1.807, 2.05) is 13.8 Å². The number of nitrogens with zero attached hydrogens (tertiary/aromatic N) is 1. The molecule has 0 radical (unpaired) electrons. The zero-order chi connectivity index (χ0) is 9.30. The second kappa shape index (κ2) is 3.26. The van der Waals surface area contributed by atoms with E-state index in [2.05, 4.69) is 26.1 Å². The molecular formula is C7H9BrN2O2. The molecule has 0 aliphatic rings. The number of aromatic nitrogens is 2. The van der Waals surface area contributed by atoms with Crippen molar-refractivity contribution in [1.29, 1.82) is 0 Å². The van der Waals surface area contributed by atoms with E-state index >= 15 is 0 Å². The zero-order valence-corrected chi connectivity index (χ0v) is 8.34. The topological polar surface area (TPSA) is 66.0 Å². The number of hydrogen-bond donors (Lipinski definition) is 2. The first-order valence-electron chi connectivity index (χ1n) is 3.51. The SMILES string of the molecule is CC(C)c1[nH]nc(C(=O)O)c1Br. The predicted octanol–water partition coefficient (Wildman–Crippen LogP) is 1.99. The molecule has 1 aromatic heterocycles. The van der Waals surface area contributed by atoms with Crippen LogP contribution in [0.15, 0.2) is 4.47 Å². The maximum atomic E-state index is 10.5. The van der Waals surface area contributed by atoms with E-state index < -0.39 is 5.97 Å². The van der Waals surface area contributed by atoms with Crippen LogP contribution in [0.1, 0.15) is 35.9 Å². The number of carbonyl (C=O) groups is 1. The van der Waals surface area contributed by atoms with Crippen molar-refractivity contribution < 1.29 is 9.90 Å².